The van der Waals surface area contributed by atoms with Gasteiger partial charge in [0.25, 0.3) is 0 Å². The van der Waals surface area contributed by atoms with Crippen LogP contribution in [-0.4, -0.2) is 62.9 Å². The summed E-state index contributed by atoms with van der Waals surface area (Å²) in [5.41, 5.74) is 10.2. The van der Waals surface area contributed by atoms with Gasteiger partial charge in [-0.3, -0.25) is 9.69 Å². The van der Waals surface area contributed by atoms with E-state index in [-0.39, 0.29) is 0 Å². The lowest BCUT2D eigenvalue weighted by Crippen LogP contribution is -2.49. The summed E-state index contributed by atoms with van der Waals surface area (Å²) in [5, 5.41) is 0. The molecular formula is C14H31N3O3. The quantitative estimate of drug-likeness (QED) is 0.506. The number of primary amides is 1. The number of methoxy groups -OCH3 is 2. The van der Waals surface area contributed by atoms with E-state index in [0.717, 1.165) is 25.9 Å². The van der Waals surface area contributed by atoms with Crippen LogP contribution in [0.2, 0.25) is 0 Å². The van der Waals surface area contributed by atoms with Crippen molar-refractivity contribution in [2.24, 2.45) is 11.5 Å². The Labute approximate surface area is 122 Å². The highest BCUT2D eigenvalue weighted by molar-refractivity contribution is 5.83. The molecule has 120 valence electrons. The van der Waals surface area contributed by atoms with Crippen molar-refractivity contribution in [2.45, 2.75) is 44.7 Å². The monoisotopic (exact) mass is 289 g/mol. The van der Waals surface area contributed by atoms with Gasteiger partial charge >= 0.3 is 0 Å². The Bertz CT molecular complexity index is 272. The Morgan fingerprint density at radius 1 is 1.25 bits per heavy atom. The zero-order valence-corrected chi connectivity index (χ0v) is 13.4. The number of rotatable bonds is 12. The molecule has 0 radical (unpaired) electrons. The van der Waals surface area contributed by atoms with Crippen LogP contribution in [0.15, 0.2) is 0 Å². The normalized spacial score (nSPS) is 16.1. The number of carbonyl (C=O) groups is 1. The molecule has 0 bridgehead atoms. The summed E-state index contributed by atoms with van der Waals surface area (Å²) in [4.78, 5) is 13.5. The van der Waals surface area contributed by atoms with Gasteiger partial charge < -0.3 is 20.9 Å². The first-order valence-electron chi connectivity index (χ1n) is 7.16. The predicted molar refractivity (Wildman–Crippen MR) is 80.4 cm³/mol. The fourth-order valence-corrected chi connectivity index (χ4v) is 2.04. The topological polar surface area (TPSA) is 90.8 Å². The molecule has 0 aromatic carbocycles. The lowest BCUT2D eigenvalue weighted by atomic mass is 9.95. The molecule has 0 aromatic heterocycles. The van der Waals surface area contributed by atoms with E-state index in [1.165, 1.54) is 0 Å². The zero-order valence-electron chi connectivity index (χ0n) is 13.4. The van der Waals surface area contributed by atoms with Gasteiger partial charge in [0.05, 0.1) is 18.8 Å². The summed E-state index contributed by atoms with van der Waals surface area (Å²) in [7, 11) is 3.41. The molecule has 6 nitrogen and oxygen atoms in total. The van der Waals surface area contributed by atoms with E-state index in [2.05, 4.69) is 11.8 Å². The van der Waals surface area contributed by atoms with Crippen LogP contribution >= 0.6 is 0 Å². The molecule has 0 aliphatic heterocycles. The minimum Gasteiger partial charge on any atom is -0.383 e. The molecule has 0 saturated heterocycles. The molecule has 1 amide bonds. The second-order valence-corrected chi connectivity index (χ2v) is 5.57. The molecule has 0 aliphatic carbocycles. The Balaban J connectivity index is 4.09. The number of amides is 1. The predicted octanol–water partition coefficient (Wildman–Crippen LogP) is 0.343. The lowest BCUT2D eigenvalue weighted by molar-refractivity contribution is -0.122. The van der Waals surface area contributed by atoms with Gasteiger partial charge in [-0.25, -0.2) is 0 Å². The van der Waals surface area contributed by atoms with E-state index in [1.807, 2.05) is 0 Å². The number of hydrogen-bond donors (Lipinski definition) is 2. The third-order valence-corrected chi connectivity index (χ3v) is 3.57. The van der Waals surface area contributed by atoms with E-state index < -0.39 is 11.4 Å². The van der Waals surface area contributed by atoms with Crippen LogP contribution in [0.3, 0.4) is 0 Å². The van der Waals surface area contributed by atoms with Crippen LogP contribution in [0.5, 0.6) is 0 Å². The van der Waals surface area contributed by atoms with Crippen molar-refractivity contribution in [3.05, 3.63) is 0 Å². The first-order valence-corrected chi connectivity index (χ1v) is 7.16. The van der Waals surface area contributed by atoms with E-state index in [0.29, 0.717) is 25.7 Å². The fourth-order valence-electron chi connectivity index (χ4n) is 2.04. The minimum absolute atomic E-state index is 0.343. The van der Waals surface area contributed by atoms with Crippen LogP contribution in [0.1, 0.15) is 33.1 Å². The van der Waals surface area contributed by atoms with Crippen molar-refractivity contribution in [1.82, 2.24) is 4.90 Å². The van der Waals surface area contributed by atoms with Crippen LogP contribution in [0.4, 0.5) is 0 Å². The molecule has 0 fully saturated rings. The second kappa shape index (κ2) is 10.1. The van der Waals surface area contributed by atoms with Crippen LogP contribution in [-0.2, 0) is 14.3 Å². The van der Waals surface area contributed by atoms with Gasteiger partial charge in [-0.1, -0.05) is 0 Å². The maximum absolute atomic E-state index is 11.1. The van der Waals surface area contributed by atoms with Crippen molar-refractivity contribution in [1.29, 1.82) is 0 Å². The van der Waals surface area contributed by atoms with Crippen LogP contribution < -0.4 is 11.5 Å². The molecular weight excluding hydrogens is 258 g/mol. The first-order chi connectivity index (χ1) is 9.35. The molecule has 0 heterocycles. The standard InChI is InChI=1S/C14H31N3O3/c1-12(11-20-4)17(9-10-19-3)8-6-5-7-14(2,16)13(15)18/h12H,5-11,16H2,1-4H3,(H2,15,18). The molecule has 4 N–H and O–H groups in total. The molecule has 0 spiro atoms. The first kappa shape index (κ1) is 19.3. The van der Waals surface area contributed by atoms with Crippen LogP contribution in [0.25, 0.3) is 0 Å². The van der Waals surface area contributed by atoms with Gasteiger partial charge in [0.1, 0.15) is 0 Å². The van der Waals surface area contributed by atoms with Gasteiger partial charge in [0.2, 0.25) is 5.91 Å². The molecule has 2 unspecified atom stereocenters. The smallest absolute Gasteiger partial charge is 0.237 e. The van der Waals surface area contributed by atoms with Gasteiger partial charge in [-0.15, -0.1) is 0 Å². The Morgan fingerprint density at radius 2 is 1.90 bits per heavy atom. The van der Waals surface area contributed by atoms with E-state index in [9.17, 15) is 4.79 Å². The van der Waals surface area contributed by atoms with Crippen molar-refractivity contribution >= 4 is 5.91 Å². The van der Waals surface area contributed by atoms with Gasteiger partial charge in [0, 0.05) is 26.8 Å². The van der Waals surface area contributed by atoms with Gasteiger partial charge in [-0.05, 0) is 39.7 Å². The number of hydrogen-bond acceptors (Lipinski definition) is 5. The second-order valence-electron chi connectivity index (χ2n) is 5.57. The van der Waals surface area contributed by atoms with E-state index >= 15 is 0 Å². The SMILES string of the molecule is COCCN(CCCCC(C)(N)C(N)=O)C(C)COC. The number of carbonyl (C=O) groups excluding carboxylic acids is 1. The Morgan fingerprint density at radius 3 is 2.40 bits per heavy atom. The minimum atomic E-state index is -0.907. The summed E-state index contributed by atoms with van der Waals surface area (Å²) in [6, 6.07) is 0.343. The summed E-state index contributed by atoms with van der Waals surface area (Å²) >= 11 is 0. The van der Waals surface area contributed by atoms with Crippen molar-refractivity contribution in [3.63, 3.8) is 0 Å². The fraction of sp³-hybridized carbons (Fsp3) is 0.929. The summed E-state index contributed by atoms with van der Waals surface area (Å²) < 4.78 is 10.3. The number of nitrogens with zero attached hydrogens (tertiary/aromatic N) is 1. The van der Waals surface area contributed by atoms with Gasteiger partial charge in [-0.2, -0.15) is 0 Å². The molecule has 2 atom stereocenters. The lowest BCUT2D eigenvalue weighted by Gasteiger charge is -2.29. The molecule has 0 rings (SSSR count). The molecule has 20 heavy (non-hydrogen) atoms. The average Bonchev–Trinajstić information content (AvgIpc) is 2.37. The third-order valence-electron chi connectivity index (χ3n) is 3.57. The summed E-state index contributed by atoms with van der Waals surface area (Å²) in [6.45, 7) is 7.02. The molecule has 0 aliphatic rings. The van der Waals surface area contributed by atoms with Crippen molar-refractivity contribution < 1.29 is 14.3 Å². The number of nitrogens with two attached hydrogens (primary N) is 2. The highest BCUT2D eigenvalue weighted by atomic mass is 16.5. The number of unbranched alkanes of at least 4 members (excludes halogenated alkanes) is 1. The van der Waals surface area contributed by atoms with Crippen LogP contribution in [0, 0.1) is 0 Å². The van der Waals surface area contributed by atoms with Crippen molar-refractivity contribution in [3.8, 4) is 0 Å². The largest absolute Gasteiger partial charge is 0.383 e. The summed E-state index contributed by atoms with van der Waals surface area (Å²) in [5.74, 6) is -0.443. The highest BCUT2D eigenvalue weighted by Gasteiger charge is 2.24. The van der Waals surface area contributed by atoms with Gasteiger partial charge in [0.15, 0.2) is 0 Å². The molecule has 6 heteroatoms. The molecule has 0 saturated carbocycles. The maximum atomic E-state index is 11.1. The van der Waals surface area contributed by atoms with E-state index in [4.69, 9.17) is 20.9 Å². The Hall–Kier alpha value is -0.690. The zero-order chi connectivity index (χ0) is 15.6. The third kappa shape index (κ3) is 7.79. The van der Waals surface area contributed by atoms with Crippen molar-refractivity contribution in [2.75, 3.05) is 40.5 Å². The highest BCUT2D eigenvalue weighted by Crippen LogP contribution is 2.11. The Kier molecular flexibility index (Phi) is 9.75. The maximum Gasteiger partial charge on any atom is 0.237 e. The number of ether oxygens (including phenoxy) is 2. The van der Waals surface area contributed by atoms with E-state index in [1.54, 1.807) is 21.1 Å². The summed E-state index contributed by atoms with van der Waals surface area (Å²) in [6.07, 6.45) is 2.45. The average molecular weight is 289 g/mol. The molecule has 0 aromatic rings.